The van der Waals surface area contributed by atoms with Gasteiger partial charge in [0.2, 0.25) is 0 Å². The highest BCUT2D eigenvalue weighted by Gasteiger charge is 2.21. The van der Waals surface area contributed by atoms with Crippen molar-refractivity contribution in [1.82, 2.24) is 9.80 Å². The average Bonchev–Trinajstić information content (AvgIpc) is 2.54. The number of anilines is 1. The number of hydrogen-bond acceptors (Lipinski definition) is 3. The van der Waals surface area contributed by atoms with Crippen LogP contribution in [0.5, 0.6) is 0 Å². The van der Waals surface area contributed by atoms with Crippen molar-refractivity contribution in [3.63, 3.8) is 0 Å². The zero-order valence-electron chi connectivity index (χ0n) is 11.6. The Balaban J connectivity index is 2.03. The summed E-state index contributed by atoms with van der Waals surface area (Å²) in [6.45, 7) is 6.94. The second-order valence-electron chi connectivity index (χ2n) is 5.39. The van der Waals surface area contributed by atoms with E-state index in [4.69, 9.17) is 5.73 Å². The summed E-state index contributed by atoms with van der Waals surface area (Å²) in [6.07, 6.45) is 2.49. The van der Waals surface area contributed by atoms with Crippen LogP contribution in [0, 0.1) is 0 Å². The molecule has 1 aliphatic heterocycles. The Bertz CT molecular complexity index is 361. The van der Waals surface area contributed by atoms with Gasteiger partial charge < -0.3 is 10.6 Å². The van der Waals surface area contributed by atoms with E-state index in [-0.39, 0.29) is 0 Å². The molecule has 1 aliphatic rings. The molecule has 0 saturated carbocycles. The highest BCUT2D eigenvalue weighted by Crippen LogP contribution is 2.16. The van der Waals surface area contributed by atoms with Crippen LogP contribution < -0.4 is 5.73 Å². The van der Waals surface area contributed by atoms with Crippen molar-refractivity contribution in [3.05, 3.63) is 29.8 Å². The molecule has 0 aromatic heterocycles. The van der Waals surface area contributed by atoms with Gasteiger partial charge in [0, 0.05) is 31.4 Å². The number of benzene rings is 1. The van der Waals surface area contributed by atoms with Gasteiger partial charge in [0.05, 0.1) is 0 Å². The molecule has 0 aliphatic carbocycles. The van der Waals surface area contributed by atoms with Gasteiger partial charge in [-0.1, -0.05) is 19.1 Å². The molecular formula is C15H25N3. The zero-order chi connectivity index (χ0) is 13.0. The Morgan fingerprint density at radius 2 is 1.94 bits per heavy atom. The third-order valence-corrected chi connectivity index (χ3v) is 3.86. The van der Waals surface area contributed by atoms with E-state index < -0.39 is 0 Å². The molecule has 0 radical (unpaired) electrons. The molecule has 18 heavy (non-hydrogen) atoms. The van der Waals surface area contributed by atoms with E-state index in [2.05, 4.69) is 35.9 Å². The van der Waals surface area contributed by atoms with Crippen molar-refractivity contribution in [1.29, 1.82) is 0 Å². The van der Waals surface area contributed by atoms with Gasteiger partial charge in [-0.05, 0) is 44.1 Å². The minimum Gasteiger partial charge on any atom is -0.399 e. The first-order chi connectivity index (χ1) is 8.69. The maximum absolute atomic E-state index is 5.74. The van der Waals surface area contributed by atoms with Crippen LogP contribution in [0.3, 0.4) is 0 Å². The lowest BCUT2D eigenvalue weighted by Crippen LogP contribution is -2.39. The van der Waals surface area contributed by atoms with Gasteiger partial charge in [0.25, 0.3) is 0 Å². The third-order valence-electron chi connectivity index (χ3n) is 3.86. The van der Waals surface area contributed by atoms with Gasteiger partial charge in [-0.15, -0.1) is 0 Å². The van der Waals surface area contributed by atoms with Gasteiger partial charge in [-0.25, -0.2) is 0 Å². The lowest BCUT2D eigenvalue weighted by atomic mass is 10.1. The summed E-state index contributed by atoms with van der Waals surface area (Å²) in [7, 11) is 2.23. The first-order valence-electron chi connectivity index (χ1n) is 6.96. The van der Waals surface area contributed by atoms with Crippen molar-refractivity contribution >= 4 is 5.69 Å². The molecule has 100 valence electrons. The molecule has 1 aromatic carbocycles. The summed E-state index contributed by atoms with van der Waals surface area (Å²) >= 11 is 0. The maximum Gasteiger partial charge on any atom is 0.0314 e. The minimum absolute atomic E-state index is 0.676. The molecule has 0 spiro atoms. The quantitative estimate of drug-likeness (QED) is 0.831. The fraction of sp³-hybridized carbons (Fsp3) is 0.600. The van der Waals surface area contributed by atoms with E-state index in [0.717, 1.165) is 12.2 Å². The van der Waals surface area contributed by atoms with Gasteiger partial charge >= 0.3 is 0 Å². The Morgan fingerprint density at radius 1 is 1.22 bits per heavy atom. The van der Waals surface area contributed by atoms with Crippen molar-refractivity contribution in [2.75, 3.05) is 32.4 Å². The van der Waals surface area contributed by atoms with E-state index in [0.29, 0.717) is 6.04 Å². The van der Waals surface area contributed by atoms with E-state index in [1.54, 1.807) is 0 Å². The summed E-state index contributed by atoms with van der Waals surface area (Å²) in [6, 6.07) is 8.98. The summed E-state index contributed by atoms with van der Waals surface area (Å²) in [5.41, 5.74) is 7.95. The van der Waals surface area contributed by atoms with Gasteiger partial charge in [-0.2, -0.15) is 0 Å². The lowest BCUT2D eigenvalue weighted by molar-refractivity contribution is 0.176. The summed E-state index contributed by atoms with van der Waals surface area (Å²) in [5, 5.41) is 0. The molecule has 3 nitrogen and oxygen atoms in total. The molecule has 1 aromatic rings. The van der Waals surface area contributed by atoms with Crippen LogP contribution in [-0.2, 0) is 6.54 Å². The van der Waals surface area contributed by atoms with Crippen LogP contribution >= 0.6 is 0 Å². The first-order valence-corrected chi connectivity index (χ1v) is 6.96. The van der Waals surface area contributed by atoms with Crippen LogP contribution in [0.1, 0.15) is 25.3 Å². The second kappa shape index (κ2) is 6.21. The zero-order valence-corrected chi connectivity index (χ0v) is 11.6. The average molecular weight is 247 g/mol. The Labute approximate surface area is 111 Å². The van der Waals surface area contributed by atoms with Crippen molar-refractivity contribution < 1.29 is 0 Å². The first kappa shape index (κ1) is 13.4. The van der Waals surface area contributed by atoms with E-state index >= 15 is 0 Å². The van der Waals surface area contributed by atoms with E-state index in [1.165, 1.54) is 38.0 Å². The van der Waals surface area contributed by atoms with E-state index in [9.17, 15) is 0 Å². The monoisotopic (exact) mass is 247 g/mol. The highest BCUT2D eigenvalue weighted by molar-refractivity contribution is 5.39. The Morgan fingerprint density at radius 3 is 2.61 bits per heavy atom. The minimum atomic E-state index is 0.676. The topological polar surface area (TPSA) is 32.5 Å². The molecule has 1 atom stereocenters. The molecule has 2 N–H and O–H groups in total. The van der Waals surface area contributed by atoms with Crippen molar-refractivity contribution in [2.45, 2.75) is 32.4 Å². The number of likely N-dealkylation sites (N-methyl/N-ethyl adjacent to an activating group) is 1. The Kier molecular flexibility index (Phi) is 4.61. The summed E-state index contributed by atoms with van der Waals surface area (Å²) in [4.78, 5) is 5.08. The largest absolute Gasteiger partial charge is 0.399 e. The fourth-order valence-corrected chi connectivity index (χ4v) is 2.75. The SMILES string of the molecule is CCC1CN(C)CCCN1Cc1ccc(N)cc1. The molecule has 0 amide bonds. The fourth-order valence-electron chi connectivity index (χ4n) is 2.75. The predicted molar refractivity (Wildman–Crippen MR) is 77.5 cm³/mol. The summed E-state index contributed by atoms with van der Waals surface area (Å²) in [5.74, 6) is 0. The molecule has 1 heterocycles. The Hall–Kier alpha value is -1.06. The van der Waals surface area contributed by atoms with Crippen LogP contribution in [0.25, 0.3) is 0 Å². The van der Waals surface area contributed by atoms with Gasteiger partial charge in [0.1, 0.15) is 0 Å². The van der Waals surface area contributed by atoms with Crippen LogP contribution in [-0.4, -0.2) is 42.5 Å². The molecular weight excluding hydrogens is 222 g/mol. The molecule has 1 unspecified atom stereocenters. The van der Waals surface area contributed by atoms with Crippen molar-refractivity contribution in [2.24, 2.45) is 0 Å². The second-order valence-corrected chi connectivity index (χ2v) is 5.39. The number of nitrogens with zero attached hydrogens (tertiary/aromatic N) is 2. The standard InChI is InChI=1S/C15H25N3/c1-3-15-12-17(2)9-4-10-18(15)11-13-5-7-14(16)8-6-13/h5-8,15H,3-4,9-12,16H2,1-2H3. The smallest absolute Gasteiger partial charge is 0.0314 e. The van der Waals surface area contributed by atoms with E-state index in [1.807, 2.05) is 12.1 Å². The van der Waals surface area contributed by atoms with Crippen molar-refractivity contribution in [3.8, 4) is 0 Å². The highest BCUT2D eigenvalue weighted by atomic mass is 15.2. The molecule has 1 saturated heterocycles. The normalized spacial score (nSPS) is 22.9. The van der Waals surface area contributed by atoms with Gasteiger partial charge in [0.15, 0.2) is 0 Å². The maximum atomic E-state index is 5.74. The lowest BCUT2D eigenvalue weighted by Gasteiger charge is -2.30. The van der Waals surface area contributed by atoms with Gasteiger partial charge in [-0.3, -0.25) is 4.90 Å². The van der Waals surface area contributed by atoms with Crippen LogP contribution in [0.2, 0.25) is 0 Å². The summed E-state index contributed by atoms with van der Waals surface area (Å²) < 4.78 is 0. The third kappa shape index (κ3) is 3.47. The predicted octanol–water partition coefficient (Wildman–Crippen LogP) is 2.18. The van der Waals surface area contributed by atoms with Crippen LogP contribution in [0.4, 0.5) is 5.69 Å². The number of nitrogens with two attached hydrogens (primary N) is 1. The number of rotatable bonds is 3. The molecule has 0 bridgehead atoms. The number of nitrogen functional groups attached to an aromatic ring is 1. The molecule has 1 fully saturated rings. The molecule has 3 heteroatoms. The van der Waals surface area contributed by atoms with Crippen LogP contribution in [0.15, 0.2) is 24.3 Å². The number of hydrogen-bond donors (Lipinski definition) is 1. The molecule has 2 rings (SSSR count).